The van der Waals surface area contributed by atoms with Gasteiger partial charge in [-0.2, -0.15) is 0 Å². The minimum Gasteiger partial charge on any atom is -0.390 e. The molecular weight excluding hydrogens is 388 g/mol. The van der Waals surface area contributed by atoms with E-state index in [1.165, 1.54) is 51.4 Å². The number of Topliss-reactive ketones (excluding diaryl/α,β-unsaturated/α-hetero) is 1. The predicted octanol–water partition coefficient (Wildman–Crippen LogP) is 3.90. The zero-order valence-corrected chi connectivity index (χ0v) is 19.1. The van der Waals surface area contributed by atoms with Crippen LogP contribution >= 0.6 is 0 Å². The summed E-state index contributed by atoms with van der Waals surface area (Å²) in [6.45, 7) is 4.86. The van der Waals surface area contributed by atoms with Gasteiger partial charge in [-0.05, 0) is 122 Å². The van der Waals surface area contributed by atoms with E-state index in [9.17, 15) is 9.90 Å². The Labute approximate surface area is 185 Å². The molecule has 1 N–H and O–H groups in total. The van der Waals surface area contributed by atoms with Crippen molar-refractivity contribution in [1.29, 1.82) is 0 Å². The van der Waals surface area contributed by atoms with Gasteiger partial charge in [-0.25, -0.2) is 4.68 Å². The lowest BCUT2D eigenvalue weighted by Crippen LogP contribution is -2.52. The number of ketones is 1. The molecule has 6 rings (SSSR count). The van der Waals surface area contributed by atoms with E-state index in [1.54, 1.807) is 11.0 Å². The lowest BCUT2D eigenvalue weighted by atomic mass is 9.48. The number of nitrogens with zero attached hydrogens (tertiary/aromatic N) is 4. The molecule has 10 atom stereocenters. The fourth-order valence-electron chi connectivity index (χ4n) is 10.0. The summed E-state index contributed by atoms with van der Waals surface area (Å²) in [6.07, 6.45) is 13.7. The molecule has 5 saturated carbocycles. The molecule has 0 spiro atoms. The first-order chi connectivity index (χ1) is 14.9. The summed E-state index contributed by atoms with van der Waals surface area (Å²) in [7, 11) is 0. The van der Waals surface area contributed by atoms with Crippen LogP contribution in [0, 0.1) is 52.8 Å². The van der Waals surface area contributed by atoms with Crippen molar-refractivity contribution in [2.75, 3.05) is 0 Å². The topological polar surface area (TPSA) is 80.9 Å². The molecule has 1 heterocycles. The normalized spacial score (nSPS) is 50.9. The van der Waals surface area contributed by atoms with Crippen LogP contribution in [-0.2, 0) is 11.3 Å². The summed E-state index contributed by atoms with van der Waals surface area (Å²) >= 11 is 0. The van der Waals surface area contributed by atoms with Gasteiger partial charge in [0.25, 0.3) is 0 Å². The first-order valence-electron chi connectivity index (χ1n) is 12.8. The smallest absolute Gasteiger partial charge is 0.158 e. The Morgan fingerprint density at radius 3 is 2.58 bits per heavy atom. The molecule has 0 aliphatic heterocycles. The molecular formula is C25H38N4O2. The molecule has 0 aromatic carbocycles. The van der Waals surface area contributed by atoms with Crippen molar-refractivity contribution in [2.24, 2.45) is 52.8 Å². The molecule has 6 heteroatoms. The Morgan fingerprint density at radius 2 is 1.77 bits per heavy atom. The van der Waals surface area contributed by atoms with Crippen LogP contribution in [0.4, 0.5) is 0 Å². The second kappa shape index (κ2) is 7.10. The van der Waals surface area contributed by atoms with E-state index in [4.69, 9.17) is 0 Å². The zero-order chi connectivity index (χ0) is 21.4. The number of tetrazole rings is 1. The number of rotatable bonds is 3. The van der Waals surface area contributed by atoms with Gasteiger partial charge in [0.15, 0.2) is 5.78 Å². The number of hydrogen-bond donors (Lipinski definition) is 1. The molecule has 1 aromatic heterocycles. The predicted molar refractivity (Wildman–Crippen MR) is 116 cm³/mol. The fraction of sp³-hybridized carbons (Fsp3) is 0.920. The highest BCUT2D eigenvalue weighted by Crippen LogP contribution is 2.70. The monoisotopic (exact) mass is 426 g/mol. The van der Waals surface area contributed by atoms with Crippen molar-refractivity contribution in [3.8, 4) is 0 Å². The Bertz CT molecular complexity index is 839. The molecule has 5 fully saturated rings. The van der Waals surface area contributed by atoms with Crippen LogP contribution in [0.25, 0.3) is 0 Å². The maximum absolute atomic E-state index is 13.6. The second-order valence-electron chi connectivity index (χ2n) is 12.3. The van der Waals surface area contributed by atoms with E-state index in [1.807, 2.05) is 6.92 Å². The summed E-state index contributed by atoms with van der Waals surface area (Å²) in [4.78, 5) is 13.6. The molecule has 31 heavy (non-hydrogen) atoms. The Hall–Kier alpha value is -1.30. The molecule has 3 unspecified atom stereocenters. The van der Waals surface area contributed by atoms with Crippen LogP contribution in [0.1, 0.15) is 78.1 Å². The van der Waals surface area contributed by atoms with Gasteiger partial charge in [-0.15, -0.1) is 5.10 Å². The number of aromatic nitrogens is 4. The summed E-state index contributed by atoms with van der Waals surface area (Å²) in [6, 6.07) is 0. The Balaban J connectivity index is 1.29. The second-order valence-corrected chi connectivity index (χ2v) is 12.3. The molecule has 0 bridgehead atoms. The summed E-state index contributed by atoms with van der Waals surface area (Å²) in [5, 5.41) is 22.1. The lowest BCUT2D eigenvalue weighted by molar-refractivity contribution is -0.135. The van der Waals surface area contributed by atoms with Crippen molar-refractivity contribution < 1.29 is 9.90 Å². The maximum Gasteiger partial charge on any atom is 0.158 e. The quantitative estimate of drug-likeness (QED) is 0.793. The van der Waals surface area contributed by atoms with E-state index in [2.05, 4.69) is 22.4 Å². The Kier molecular flexibility index (Phi) is 4.65. The molecule has 0 radical (unpaired) electrons. The SMILES string of the molecule is C[C@@]1(O)CC[C@H]2C(CCC3C4[C@@H]5CCC[C@@H]5[C@H](C(=O)Cn5cnnn5)[C@@]4(C)CC[C@@H]32)C1. The van der Waals surface area contributed by atoms with Gasteiger partial charge in [0.1, 0.15) is 12.9 Å². The lowest BCUT2D eigenvalue weighted by Gasteiger charge is -2.57. The Morgan fingerprint density at radius 1 is 1.00 bits per heavy atom. The molecule has 0 amide bonds. The number of carbonyl (C=O) groups excluding carboxylic acids is 1. The van der Waals surface area contributed by atoms with E-state index in [0.29, 0.717) is 30.1 Å². The van der Waals surface area contributed by atoms with E-state index in [0.717, 1.165) is 36.5 Å². The molecule has 5 aliphatic rings. The van der Waals surface area contributed by atoms with Gasteiger partial charge >= 0.3 is 0 Å². The average Bonchev–Trinajstić information content (AvgIpc) is 3.43. The van der Waals surface area contributed by atoms with Crippen molar-refractivity contribution in [3.63, 3.8) is 0 Å². The standard InChI is InChI=1S/C25H38N4O2/c1-24(31)10-8-16-15(12-24)6-7-20-17(16)9-11-25(2)22(20)18-4-3-5-19(18)23(25)21(30)13-29-14-26-27-28-29/h14-20,22-23,31H,3-13H2,1-2H3/t15?,16-,17+,18+,19-,20?,22?,23+,24+,25-/m0/s1. The van der Waals surface area contributed by atoms with Crippen molar-refractivity contribution in [2.45, 2.75) is 90.2 Å². The van der Waals surface area contributed by atoms with Crippen LogP contribution < -0.4 is 0 Å². The van der Waals surface area contributed by atoms with Gasteiger partial charge in [0.2, 0.25) is 0 Å². The summed E-state index contributed by atoms with van der Waals surface area (Å²) in [5.41, 5.74) is -0.302. The van der Waals surface area contributed by atoms with Crippen molar-refractivity contribution >= 4 is 5.78 Å². The maximum atomic E-state index is 13.6. The third kappa shape index (κ3) is 3.07. The number of hydrogen-bond acceptors (Lipinski definition) is 5. The minimum absolute atomic E-state index is 0.148. The van der Waals surface area contributed by atoms with Gasteiger partial charge < -0.3 is 5.11 Å². The third-order valence-electron chi connectivity index (χ3n) is 10.8. The fourth-order valence-corrected chi connectivity index (χ4v) is 10.0. The number of fused-ring (bicyclic) bond motifs is 7. The highest BCUT2D eigenvalue weighted by atomic mass is 16.3. The van der Waals surface area contributed by atoms with Crippen LogP contribution in [0.5, 0.6) is 0 Å². The van der Waals surface area contributed by atoms with E-state index < -0.39 is 5.60 Å². The third-order valence-corrected chi connectivity index (χ3v) is 10.8. The summed E-state index contributed by atoms with van der Waals surface area (Å²) in [5.74, 6) is 5.71. The number of aliphatic hydroxyl groups is 1. The number of carbonyl (C=O) groups is 1. The first-order valence-corrected chi connectivity index (χ1v) is 12.8. The highest BCUT2D eigenvalue weighted by Gasteiger charge is 2.65. The van der Waals surface area contributed by atoms with Crippen molar-refractivity contribution in [1.82, 2.24) is 20.2 Å². The highest BCUT2D eigenvalue weighted by molar-refractivity contribution is 5.82. The van der Waals surface area contributed by atoms with Gasteiger partial charge in [-0.1, -0.05) is 13.3 Å². The molecule has 0 saturated heterocycles. The van der Waals surface area contributed by atoms with Crippen molar-refractivity contribution in [3.05, 3.63) is 6.33 Å². The molecule has 5 aliphatic carbocycles. The van der Waals surface area contributed by atoms with E-state index >= 15 is 0 Å². The molecule has 1 aromatic rings. The minimum atomic E-state index is -0.450. The van der Waals surface area contributed by atoms with Crippen LogP contribution in [0.3, 0.4) is 0 Å². The van der Waals surface area contributed by atoms with Crippen LogP contribution in [0.2, 0.25) is 0 Å². The van der Waals surface area contributed by atoms with Gasteiger partial charge in [0.05, 0.1) is 5.60 Å². The van der Waals surface area contributed by atoms with Crippen LogP contribution in [0.15, 0.2) is 6.33 Å². The largest absolute Gasteiger partial charge is 0.390 e. The van der Waals surface area contributed by atoms with Gasteiger partial charge in [-0.3, -0.25) is 4.79 Å². The van der Waals surface area contributed by atoms with E-state index in [-0.39, 0.29) is 11.3 Å². The zero-order valence-electron chi connectivity index (χ0n) is 19.1. The summed E-state index contributed by atoms with van der Waals surface area (Å²) < 4.78 is 1.62. The molecule has 6 nitrogen and oxygen atoms in total. The molecule has 170 valence electrons. The van der Waals surface area contributed by atoms with Gasteiger partial charge in [0, 0.05) is 5.92 Å². The van der Waals surface area contributed by atoms with Crippen LogP contribution in [-0.4, -0.2) is 36.7 Å². The average molecular weight is 427 g/mol. The first kappa shape index (κ1) is 20.3.